The minimum atomic E-state index is -0.447. The molecule has 36 heavy (non-hydrogen) atoms. The summed E-state index contributed by atoms with van der Waals surface area (Å²) in [4.78, 5) is 12.5. The first-order chi connectivity index (χ1) is 17.5. The van der Waals surface area contributed by atoms with Crippen molar-refractivity contribution >= 4 is 65.7 Å². The maximum atomic E-state index is 12.5. The van der Waals surface area contributed by atoms with E-state index >= 15 is 0 Å². The molecule has 1 aromatic heterocycles. The predicted octanol–water partition coefficient (Wildman–Crippen LogP) is 7.46. The summed E-state index contributed by atoms with van der Waals surface area (Å²) in [6.45, 7) is 0.391. The lowest BCUT2D eigenvalue weighted by Gasteiger charge is -2.14. The zero-order chi connectivity index (χ0) is 25.1. The Kier molecular flexibility index (Phi) is 7.06. The van der Waals surface area contributed by atoms with E-state index in [0.29, 0.717) is 29.3 Å². The number of carbonyl (C=O) groups excluding carboxylic acids is 1. The number of ether oxygens (including phenoxy) is 2. The molecule has 1 heterocycles. The topological polar surface area (TPSA) is 73.1 Å². The van der Waals surface area contributed by atoms with Gasteiger partial charge < -0.3 is 13.9 Å². The number of hydrazone groups is 1. The van der Waals surface area contributed by atoms with Crippen LogP contribution in [0.2, 0.25) is 0 Å². The fourth-order valence-corrected chi connectivity index (χ4v) is 4.64. The molecule has 1 N–H and O–H groups in total. The van der Waals surface area contributed by atoms with Gasteiger partial charge in [0.1, 0.15) is 12.2 Å². The molecule has 0 fully saturated rings. The lowest BCUT2D eigenvalue weighted by molar-refractivity contribution is 0.0929. The lowest BCUT2D eigenvalue weighted by Crippen LogP contribution is -2.16. The summed E-state index contributed by atoms with van der Waals surface area (Å²) in [5.41, 5.74) is 4.91. The van der Waals surface area contributed by atoms with Gasteiger partial charge in [0.2, 0.25) is 0 Å². The summed E-state index contributed by atoms with van der Waals surface area (Å²) in [5.74, 6) is 0.867. The average molecular weight is 608 g/mol. The fourth-order valence-electron chi connectivity index (χ4n) is 3.84. The van der Waals surface area contributed by atoms with Crippen LogP contribution in [0, 0.1) is 0 Å². The highest BCUT2D eigenvalue weighted by Crippen LogP contribution is 2.34. The highest BCUT2D eigenvalue weighted by Gasteiger charge is 2.13. The molecule has 8 heteroatoms. The van der Waals surface area contributed by atoms with Gasteiger partial charge in [0.05, 0.1) is 13.3 Å². The van der Waals surface area contributed by atoms with Gasteiger partial charge in [-0.3, -0.25) is 4.79 Å². The SMILES string of the molecule is COc1cc(/C=N/NC(=O)c2cc3cc(Br)ccc3o2)c(Br)cc1OCc1cccc2ccccc12. The van der Waals surface area contributed by atoms with Crippen molar-refractivity contribution in [3.05, 3.63) is 105 Å². The monoisotopic (exact) mass is 606 g/mol. The molecular weight excluding hydrogens is 588 g/mol. The standard InChI is InChI=1S/C28H20Br2N2O4/c1-34-25-13-20(15-31-32-28(33)27-12-19-11-21(29)9-10-24(19)36-27)23(30)14-26(25)35-16-18-7-4-6-17-5-2-3-8-22(17)18/h2-15H,16H2,1H3,(H,32,33)/b31-15+. The summed E-state index contributed by atoms with van der Waals surface area (Å²) in [7, 11) is 1.58. The quantitative estimate of drug-likeness (QED) is 0.154. The number of hydrogen-bond donors (Lipinski definition) is 1. The van der Waals surface area contributed by atoms with E-state index in [0.717, 1.165) is 30.7 Å². The summed E-state index contributed by atoms with van der Waals surface area (Å²) in [6.07, 6.45) is 1.53. The van der Waals surface area contributed by atoms with Crippen LogP contribution in [0.4, 0.5) is 0 Å². The number of amides is 1. The number of hydrogen-bond acceptors (Lipinski definition) is 5. The van der Waals surface area contributed by atoms with Crippen molar-refractivity contribution in [3.8, 4) is 11.5 Å². The Bertz CT molecular complexity index is 1610. The molecule has 0 aliphatic rings. The normalized spacial score (nSPS) is 11.3. The maximum Gasteiger partial charge on any atom is 0.307 e. The molecule has 6 nitrogen and oxygen atoms in total. The van der Waals surface area contributed by atoms with Crippen LogP contribution < -0.4 is 14.9 Å². The molecule has 0 bridgehead atoms. The second kappa shape index (κ2) is 10.6. The molecule has 0 atom stereocenters. The van der Waals surface area contributed by atoms with E-state index in [-0.39, 0.29) is 5.76 Å². The van der Waals surface area contributed by atoms with Gasteiger partial charge in [0.15, 0.2) is 17.3 Å². The van der Waals surface area contributed by atoms with E-state index in [1.54, 1.807) is 25.3 Å². The molecule has 0 saturated carbocycles. The Morgan fingerprint density at radius 2 is 1.81 bits per heavy atom. The number of carbonyl (C=O) groups is 1. The first kappa shape index (κ1) is 24.1. The van der Waals surface area contributed by atoms with Crippen molar-refractivity contribution in [2.45, 2.75) is 6.61 Å². The van der Waals surface area contributed by atoms with Gasteiger partial charge in [-0.15, -0.1) is 0 Å². The maximum absolute atomic E-state index is 12.5. The predicted molar refractivity (Wildman–Crippen MR) is 148 cm³/mol. The molecule has 5 rings (SSSR count). The van der Waals surface area contributed by atoms with Crippen molar-refractivity contribution in [2.75, 3.05) is 7.11 Å². The number of benzene rings is 4. The Balaban J connectivity index is 1.29. The Labute approximate surface area is 224 Å². The fraction of sp³-hybridized carbons (Fsp3) is 0.0714. The molecule has 0 radical (unpaired) electrons. The molecule has 0 saturated heterocycles. The number of nitrogens with one attached hydrogen (secondary N) is 1. The average Bonchev–Trinajstić information content (AvgIpc) is 3.31. The van der Waals surface area contributed by atoms with Crippen LogP contribution in [0.1, 0.15) is 21.7 Å². The van der Waals surface area contributed by atoms with E-state index < -0.39 is 5.91 Å². The van der Waals surface area contributed by atoms with Crippen molar-refractivity contribution in [3.63, 3.8) is 0 Å². The van der Waals surface area contributed by atoms with Crippen LogP contribution in [0.3, 0.4) is 0 Å². The summed E-state index contributed by atoms with van der Waals surface area (Å²) >= 11 is 6.97. The number of nitrogens with zero attached hydrogens (tertiary/aromatic N) is 1. The number of furan rings is 1. The van der Waals surface area contributed by atoms with E-state index in [2.05, 4.69) is 60.6 Å². The van der Waals surface area contributed by atoms with E-state index in [4.69, 9.17) is 13.9 Å². The second-order valence-electron chi connectivity index (χ2n) is 7.94. The Morgan fingerprint density at radius 1 is 0.972 bits per heavy atom. The Morgan fingerprint density at radius 3 is 2.67 bits per heavy atom. The van der Waals surface area contributed by atoms with Gasteiger partial charge in [-0.25, -0.2) is 5.43 Å². The van der Waals surface area contributed by atoms with Gasteiger partial charge >= 0.3 is 5.91 Å². The summed E-state index contributed by atoms with van der Waals surface area (Å²) < 4.78 is 18.9. The highest BCUT2D eigenvalue weighted by atomic mass is 79.9. The second-order valence-corrected chi connectivity index (χ2v) is 9.71. The molecule has 0 unspecified atom stereocenters. The number of rotatable bonds is 7. The smallest absolute Gasteiger partial charge is 0.307 e. The van der Waals surface area contributed by atoms with Gasteiger partial charge in [-0.1, -0.05) is 58.4 Å². The van der Waals surface area contributed by atoms with Crippen molar-refractivity contribution in [1.82, 2.24) is 5.43 Å². The number of methoxy groups -OCH3 is 1. The van der Waals surface area contributed by atoms with Crippen LogP contribution in [0.25, 0.3) is 21.7 Å². The third-order valence-electron chi connectivity index (χ3n) is 5.62. The Hall–Kier alpha value is -3.62. The minimum Gasteiger partial charge on any atom is -0.493 e. The molecule has 0 aliphatic carbocycles. The zero-order valence-electron chi connectivity index (χ0n) is 19.1. The van der Waals surface area contributed by atoms with Crippen LogP contribution >= 0.6 is 31.9 Å². The van der Waals surface area contributed by atoms with Gasteiger partial charge in [0, 0.05) is 19.9 Å². The van der Waals surface area contributed by atoms with Crippen LogP contribution in [-0.2, 0) is 6.61 Å². The molecule has 4 aromatic carbocycles. The van der Waals surface area contributed by atoms with E-state index in [9.17, 15) is 4.79 Å². The van der Waals surface area contributed by atoms with Crippen LogP contribution in [0.5, 0.6) is 11.5 Å². The van der Waals surface area contributed by atoms with Gasteiger partial charge in [-0.05, 0) is 68.7 Å². The van der Waals surface area contributed by atoms with Crippen LogP contribution in [0.15, 0.2) is 97.3 Å². The van der Waals surface area contributed by atoms with Gasteiger partial charge in [0.25, 0.3) is 0 Å². The van der Waals surface area contributed by atoms with Gasteiger partial charge in [-0.2, -0.15) is 5.10 Å². The third kappa shape index (κ3) is 5.15. The summed E-state index contributed by atoms with van der Waals surface area (Å²) in [5, 5.41) is 7.21. The first-order valence-electron chi connectivity index (χ1n) is 11.0. The van der Waals surface area contributed by atoms with Crippen molar-refractivity contribution in [2.24, 2.45) is 5.10 Å². The first-order valence-corrected chi connectivity index (χ1v) is 12.6. The zero-order valence-corrected chi connectivity index (χ0v) is 22.3. The lowest BCUT2D eigenvalue weighted by atomic mass is 10.1. The molecule has 0 aliphatic heterocycles. The minimum absolute atomic E-state index is 0.175. The highest BCUT2D eigenvalue weighted by molar-refractivity contribution is 9.10. The number of fused-ring (bicyclic) bond motifs is 2. The largest absolute Gasteiger partial charge is 0.493 e. The molecule has 1 amide bonds. The molecule has 0 spiro atoms. The third-order valence-corrected chi connectivity index (χ3v) is 6.80. The molecule has 180 valence electrons. The van der Waals surface area contributed by atoms with E-state index in [1.807, 2.05) is 42.5 Å². The number of halogens is 2. The van der Waals surface area contributed by atoms with E-state index in [1.165, 1.54) is 6.21 Å². The summed E-state index contributed by atoms with van der Waals surface area (Å²) in [6, 6.07) is 25.2. The molecule has 5 aromatic rings. The van der Waals surface area contributed by atoms with Crippen molar-refractivity contribution in [1.29, 1.82) is 0 Å². The van der Waals surface area contributed by atoms with Crippen molar-refractivity contribution < 1.29 is 18.7 Å². The van der Waals surface area contributed by atoms with Crippen LogP contribution in [-0.4, -0.2) is 19.2 Å². The molecular formula is C28H20Br2N2O4.